The van der Waals surface area contributed by atoms with Crippen LogP contribution in [0.15, 0.2) is 6.20 Å². The zero-order chi connectivity index (χ0) is 10.1. The van der Waals surface area contributed by atoms with E-state index in [1.807, 2.05) is 6.92 Å². The van der Waals surface area contributed by atoms with Crippen molar-refractivity contribution in [3.05, 3.63) is 16.9 Å². The Hall–Kier alpha value is -1.43. The lowest BCUT2D eigenvalue weighted by molar-refractivity contribution is -0.139. The SMILES string of the molecule is COC(=O)Cc1cn2nc(C)sc2n1. The van der Waals surface area contributed by atoms with Gasteiger partial charge in [-0.3, -0.25) is 4.79 Å². The van der Waals surface area contributed by atoms with Gasteiger partial charge in [0.15, 0.2) is 0 Å². The van der Waals surface area contributed by atoms with Crippen LogP contribution in [-0.4, -0.2) is 27.7 Å². The molecule has 0 aromatic carbocycles. The van der Waals surface area contributed by atoms with Crippen molar-refractivity contribution >= 4 is 22.3 Å². The first-order valence-electron chi connectivity index (χ1n) is 4.07. The maximum atomic E-state index is 11.0. The molecule has 74 valence electrons. The summed E-state index contributed by atoms with van der Waals surface area (Å²) in [7, 11) is 1.36. The van der Waals surface area contributed by atoms with E-state index in [0.717, 1.165) is 9.97 Å². The number of aryl methyl sites for hydroxylation is 1. The van der Waals surface area contributed by atoms with Gasteiger partial charge in [0, 0.05) is 0 Å². The number of hydrogen-bond acceptors (Lipinski definition) is 5. The number of imidazole rings is 1. The number of aromatic nitrogens is 3. The van der Waals surface area contributed by atoms with E-state index in [-0.39, 0.29) is 12.4 Å². The van der Waals surface area contributed by atoms with E-state index in [1.54, 1.807) is 10.7 Å². The minimum Gasteiger partial charge on any atom is -0.469 e. The van der Waals surface area contributed by atoms with Crippen molar-refractivity contribution < 1.29 is 9.53 Å². The molecule has 14 heavy (non-hydrogen) atoms. The summed E-state index contributed by atoms with van der Waals surface area (Å²) in [5.74, 6) is -0.285. The molecule has 2 rings (SSSR count). The molecule has 6 heteroatoms. The van der Waals surface area contributed by atoms with Gasteiger partial charge < -0.3 is 4.74 Å². The molecule has 2 heterocycles. The van der Waals surface area contributed by atoms with Crippen molar-refractivity contribution in [2.24, 2.45) is 0 Å². The topological polar surface area (TPSA) is 56.5 Å². The van der Waals surface area contributed by atoms with Gasteiger partial charge in [0.25, 0.3) is 0 Å². The zero-order valence-electron chi connectivity index (χ0n) is 7.85. The molecule has 0 aliphatic carbocycles. The lowest BCUT2D eigenvalue weighted by Gasteiger charge is -1.93. The van der Waals surface area contributed by atoms with Crippen molar-refractivity contribution in [3.63, 3.8) is 0 Å². The predicted molar refractivity (Wildman–Crippen MR) is 51.3 cm³/mol. The molecule has 0 N–H and O–H groups in total. The molecule has 0 amide bonds. The van der Waals surface area contributed by atoms with Gasteiger partial charge in [0.1, 0.15) is 5.01 Å². The van der Waals surface area contributed by atoms with E-state index >= 15 is 0 Å². The molecule has 0 radical (unpaired) electrons. The lowest BCUT2D eigenvalue weighted by Crippen LogP contribution is -2.04. The maximum Gasteiger partial charge on any atom is 0.311 e. The number of hydrogen-bond donors (Lipinski definition) is 0. The van der Waals surface area contributed by atoms with Crippen LogP contribution in [0, 0.1) is 6.92 Å². The first-order valence-corrected chi connectivity index (χ1v) is 4.89. The molecule has 0 aliphatic heterocycles. The fourth-order valence-corrected chi connectivity index (χ4v) is 1.89. The van der Waals surface area contributed by atoms with E-state index < -0.39 is 0 Å². The Morgan fingerprint density at radius 1 is 1.71 bits per heavy atom. The summed E-state index contributed by atoms with van der Waals surface area (Å²) < 4.78 is 6.22. The number of esters is 1. The van der Waals surface area contributed by atoms with E-state index in [0.29, 0.717) is 5.69 Å². The van der Waals surface area contributed by atoms with Crippen LogP contribution in [0.25, 0.3) is 4.96 Å². The van der Waals surface area contributed by atoms with Crippen molar-refractivity contribution in [2.45, 2.75) is 13.3 Å². The van der Waals surface area contributed by atoms with E-state index in [1.165, 1.54) is 18.4 Å². The van der Waals surface area contributed by atoms with Crippen molar-refractivity contribution in [3.8, 4) is 0 Å². The van der Waals surface area contributed by atoms with Crippen LogP contribution in [0.3, 0.4) is 0 Å². The standard InChI is InChI=1S/C8H9N3O2S/c1-5-10-11-4-6(3-7(12)13-2)9-8(11)14-5/h4H,3H2,1-2H3. The van der Waals surface area contributed by atoms with E-state index in [4.69, 9.17) is 0 Å². The van der Waals surface area contributed by atoms with Gasteiger partial charge in [-0.1, -0.05) is 11.3 Å². The van der Waals surface area contributed by atoms with E-state index in [2.05, 4.69) is 14.8 Å². The number of carbonyl (C=O) groups is 1. The third-order valence-corrected chi connectivity index (χ3v) is 2.59. The monoisotopic (exact) mass is 211 g/mol. The number of fused-ring (bicyclic) bond motifs is 1. The normalized spacial score (nSPS) is 10.7. The van der Waals surface area contributed by atoms with Crippen LogP contribution < -0.4 is 0 Å². The van der Waals surface area contributed by atoms with Crippen molar-refractivity contribution in [2.75, 3.05) is 7.11 Å². The highest BCUT2D eigenvalue weighted by molar-refractivity contribution is 7.16. The molecule has 0 saturated carbocycles. The summed E-state index contributed by atoms with van der Waals surface area (Å²) in [5.41, 5.74) is 0.690. The number of methoxy groups -OCH3 is 1. The van der Waals surface area contributed by atoms with Gasteiger partial charge in [-0.05, 0) is 6.92 Å². The smallest absolute Gasteiger partial charge is 0.311 e. The first kappa shape index (κ1) is 9.14. The Labute approximate surface area is 84.3 Å². The molecule has 0 unspecified atom stereocenters. The Kier molecular flexibility index (Phi) is 2.20. The second-order valence-corrected chi connectivity index (χ2v) is 3.99. The summed E-state index contributed by atoms with van der Waals surface area (Å²) >= 11 is 1.50. The van der Waals surface area contributed by atoms with Crippen LogP contribution in [0.5, 0.6) is 0 Å². The molecule has 2 aromatic heterocycles. The van der Waals surface area contributed by atoms with Crippen LogP contribution in [-0.2, 0) is 16.0 Å². The molecule has 0 bridgehead atoms. The molecule has 0 aliphatic rings. The molecular formula is C8H9N3O2S. The average Bonchev–Trinajstić information content (AvgIpc) is 2.60. The van der Waals surface area contributed by atoms with Gasteiger partial charge >= 0.3 is 5.97 Å². The van der Waals surface area contributed by atoms with Gasteiger partial charge in [0.2, 0.25) is 4.96 Å². The highest BCUT2D eigenvalue weighted by atomic mass is 32.1. The quantitative estimate of drug-likeness (QED) is 0.690. The summed E-state index contributed by atoms with van der Waals surface area (Å²) in [6.07, 6.45) is 1.95. The summed E-state index contributed by atoms with van der Waals surface area (Å²) in [6, 6.07) is 0. The molecule has 0 fully saturated rings. The summed E-state index contributed by atoms with van der Waals surface area (Å²) in [4.78, 5) is 16.0. The van der Waals surface area contributed by atoms with Gasteiger partial charge in [-0.25, -0.2) is 9.50 Å². The van der Waals surface area contributed by atoms with Crippen LogP contribution in [0.4, 0.5) is 0 Å². The molecule has 2 aromatic rings. The Morgan fingerprint density at radius 2 is 2.50 bits per heavy atom. The number of carbonyl (C=O) groups excluding carboxylic acids is 1. The molecular weight excluding hydrogens is 202 g/mol. The van der Waals surface area contributed by atoms with Gasteiger partial charge in [-0.2, -0.15) is 5.10 Å². The van der Waals surface area contributed by atoms with E-state index in [9.17, 15) is 4.79 Å². The number of nitrogens with zero attached hydrogens (tertiary/aromatic N) is 3. The molecule has 0 saturated heterocycles. The lowest BCUT2D eigenvalue weighted by atomic mass is 10.3. The van der Waals surface area contributed by atoms with Gasteiger partial charge in [-0.15, -0.1) is 0 Å². The number of rotatable bonds is 2. The number of ether oxygens (including phenoxy) is 1. The van der Waals surface area contributed by atoms with Gasteiger partial charge in [0.05, 0.1) is 25.4 Å². The minimum absolute atomic E-state index is 0.200. The highest BCUT2D eigenvalue weighted by Crippen LogP contribution is 2.13. The summed E-state index contributed by atoms with van der Waals surface area (Å²) in [6.45, 7) is 1.92. The highest BCUT2D eigenvalue weighted by Gasteiger charge is 2.09. The second-order valence-electron chi connectivity index (χ2n) is 2.83. The Morgan fingerprint density at radius 3 is 3.14 bits per heavy atom. The molecule has 5 nitrogen and oxygen atoms in total. The predicted octanol–water partition coefficient (Wildman–Crippen LogP) is 0.815. The minimum atomic E-state index is -0.285. The Bertz CT molecular complexity index is 442. The van der Waals surface area contributed by atoms with Crippen molar-refractivity contribution in [1.82, 2.24) is 14.6 Å². The third kappa shape index (κ3) is 1.60. The fourth-order valence-electron chi connectivity index (χ4n) is 1.15. The van der Waals surface area contributed by atoms with Crippen LogP contribution in [0.2, 0.25) is 0 Å². The Balaban J connectivity index is 2.27. The third-order valence-electron chi connectivity index (χ3n) is 1.75. The molecule has 0 atom stereocenters. The van der Waals surface area contributed by atoms with Crippen LogP contribution >= 0.6 is 11.3 Å². The first-order chi connectivity index (χ1) is 6.69. The largest absolute Gasteiger partial charge is 0.469 e. The summed E-state index contributed by atoms with van der Waals surface area (Å²) in [5, 5.41) is 5.14. The maximum absolute atomic E-state index is 11.0. The van der Waals surface area contributed by atoms with Crippen LogP contribution in [0.1, 0.15) is 10.7 Å². The van der Waals surface area contributed by atoms with Crippen molar-refractivity contribution in [1.29, 1.82) is 0 Å². The average molecular weight is 211 g/mol. The fraction of sp³-hybridized carbons (Fsp3) is 0.375. The second kappa shape index (κ2) is 3.38. The zero-order valence-corrected chi connectivity index (χ0v) is 8.67. The molecule has 0 spiro atoms.